The Morgan fingerprint density at radius 3 is 2.83 bits per heavy atom. The van der Waals surface area contributed by atoms with E-state index in [9.17, 15) is 14.4 Å². The molecule has 0 radical (unpaired) electrons. The lowest BCUT2D eigenvalue weighted by Gasteiger charge is -2.11. The van der Waals surface area contributed by atoms with E-state index < -0.39 is 24.2 Å². The largest absolute Gasteiger partial charge is 0.508 e. The lowest BCUT2D eigenvalue weighted by molar-refractivity contribution is -0.147. The maximum absolute atomic E-state index is 11.4. The molecule has 0 bridgehead atoms. The molecule has 1 saturated heterocycles. The Bertz CT molecular complexity index is 325. The second kappa shape index (κ2) is 6.83. The van der Waals surface area contributed by atoms with Gasteiger partial charge in [-0.2, -0.15) is 0 Å². The smallest absolute Gasteiger partial charge is 0.481 e. The summed E-state index contributed by atoms with van der Waals surface area (Å²) in [4.78, 5) is 32.3. The molecule has 0 aromatic carbocycles. The van der Waals surface area contributed by atoms with Crippen molar-refractivity contribution in [2.45, 2.75) is 32.3 Å². The Balaban J connectivity index is 2.13. The molecule has 18 heavy (non-hydrogen) atoms. The van der Waals surface area contributed by atoms with Crippen LogP contribution in [-0.2, 0) is 23.8 Å². The number of ether oxygens (including phenoxy) is 3. The van der Waals surface area contributed by atoms with Crippen molar-refractivity contribution in [1.82, 2.24) is 0 Å². The van der Waals surface area contributed by atoms with Gasteiger partial charge >= 0.3 is 18.1 Å². The minimum absolute atomic E-state index is 0.0303. The van der Waals surface area contributed by atoms with Crippen molar-refractivity contribution in [3.05, 3.63) is 0 Å². The van der Waals surface area contributed by atoms with E-state index in [0.717, 1.165) is 0 Å². The third-order valence-electron chi connectivity index (χ3n) is 2.45. The fourth-order valence-electron chi connectivity index (χ4n) is 1.45. The number of rotatable bonds is 7. The molecule has 7 heteroatoms. The Morgan fingerprint density at radius 2 is 2.28 bits per heavy atom. The molecular formula is C11H16O7. The lowest BCUT2D eigenvalue weighted by Crippen LogP contribution is -2.21. The van der Waals surface area contributed by atoms with Crippen LogP contribution in [0.2, 0.25) is 0 Å². The standard InChI is InChI=1S/C11H16O7/c1-7(2-3-9(12)13)4-10(14)16-5-8-6-17-11(15)18-8/h7-8H,2-6H2,1H3,(H,12,13). The molecule has 0 saturated carbocycles. The molecule has 1 rings (SSSR count). The Morgan fingerprint density at radius 1 is 1.56 bits per heavy atom. The quantitative estimate of drug-likeness (QED) is 0.680. The average Bonchev–Trinajstić information content (AvgIpc) is 2.70. The zero-order valence-corrected chi connectivity index (χ0v) is 10.1. The van der Waals surface area contributed by atoms with Gasteiger partial charge in [-0.1, -0.05) is 6.92 Å². The lowest BCUT2D eigenvalue weighted by atomic mass is 10.0. The molecule has 0 aliphatic carbocycles. The molecule has 1 N–H and O–H groups in total. The summed E-state index contributed by atoms with van der Waals surface area (Å²) in [5.74, 6) is -1.38. The third-order valence-corrected chi connectivity index (χ3v) is 2.45. The van der Waals surface area contributed by atoms with Crippen LogP contribution in [0, 0.1) is 5.92 Å². The highest BCUT2D eigenvalue weighted by Crippen LogP contribution is 2.12. The van der Waals surface area contributed by atoms with Gasteiger partial charge in [0.2, 0.25) is 0 Å². The van der Waals surface area contributed by atoms with Crippen LogP contribution in [0.15, 0.2) is 0 Å². The first-order chi connectivity index (χ1) is 8.47. The predicted octanol–water partition coefficient (Wildman–Crippen LogP) is 0.956. The van der Waals surface area contributed by atoms with E-state index >= 15 is 0 Å². The first kappa shape index (κ1) is 14.3. The Hall–Kier alpha value is -1.79. The number of hydrogen-bond acceptors (Lipinski definition) is 6. The monoisotopic (exact) mass is 260 g/mol. The number of aliphatic carboxylic acids is 1. The van der Waals surface area contributed by atoms with Gasteiger partial charge in [0.1, 0.15) is 13.2 Å². The first-order valence-electron chi connectivity index (χ1n) is 5.68. The minimum Gasteiger partial charge on any atom is -0.481 e. The average molecular weight is 260 g/mol. The SMILES string of the molecule is CC(CCC(=O)O)CC(=O)OCC1COC(=O)O1. The van der Waals surface area contributed by atoms with E-state index in [0.29, 0.717) is 6.42 Å². The van der Waals surface area contributed by atoms with Gasteiger partial charge in [0.05, 0.1) is 0 Å². The van der Waals surface area contributed by atoms with Crippen molar-refractivity contribution in [2.24, 2.45) is 5.92 Å². The second-order valence-corrected chi connectivity index (χ2v) is 4.23. The molecule has 0 amide bonds. The van der Waals surface area contributed by atoms with Gasteiger partial charge < -0.3 is 19.3 Å². The zero-order chi connectivity index (χ0) is 13.5. The van der Waals surface area contributed by atoms with Gasteiger partial charge in [-0.15, -0.1) is 0 Å². The van der Waals surface area contributed by atoms with Crippen molar-refractivity contribution in [2.75, 3.05) is 13.2 Å². The molecule has 1 heterocycles. The van der Waals surface area contributed by atoms with E-state index in [4.69, 9.17) is 9.84 Å². The van der Waals surface area contributed by atoms with Crippen molar-refractivity contribution >= 4 is 18.1 Å². The van der Waals surface area contributed by atoms with Crippen LogP contribution in [0.5, 0.6) is 0 Å². The molecule has 2 atom stereocenters. The number of carboxylic acid groups (broad SMARTS) is 1. The van der Waals surface area contributed by atoms with Crippen LogP contribution in [-0.4, -0.2) is 42.5 Å². The van der Waals surface area contributed by atoms with E-state index in [-0.39, 0.29) is 32.0 Å². The van der Waals surface area contributed by atoms with E-state index in [1.165, 1.54) is 0 Å². The molecule has 0 aromatic rings. The van der Waals surface area contributed by atoms with Crippen molar-refractivity contribution in [3.63, 3.8) is 0 Å². The van der Waals surface area contributed by atoms with Gasteiger partial charge in [-0.25, -0.2) is 4.79 Å². The van der Waals surface area contributed by atoms with Crippen molar-refractivity contribution in [1.29, 1.82) is 0 Å². The number of carboxylic acids is 1. The summed E-state index contributed by atoms with van der Waals surface area (Å²) in [6, 6.07) is 0. The molecule has 1 aliphatic rings. The van der Waals surface area contributed by atoms with Crippen molar-refractivity contribution in [3.8, 4) is 0 Å². The second-order valence-electron chi connectivity index (χ2n) is 4.23. The van der Waals surface area contributed by atoms with Crippen LogP contribution in [0.3, 0.4) is 0 Å². The molecule has 0 aromatic heterocycles. The maximum atomic E-state index is 11.4. The van der Waals surface area contributed by atoms with Gasteiger partial charge in [0.15, 0.2) is 6.10 Å². The minimum atomic E-state index is -0.884. The molecule has 2 unspecified atom stereocenters. The summed E-state index contributed by atoms with van der Waals surface area (Å²) < 4.78 is 14.1. The summed E-state index contributed by atoms with van der Waals surface area (Å²) in [6.45, 7) is 1.83. The van der Waals surface area contributed by atoms with E-state index in [2.05, 4.69) is 9.47 Å². The molecule has 1 fully saturated rings. The highest BCUT2D eigenvalue weighted by atomic mass is 16.8. The maximum Gasteiger partial charge on any atom is 0.508 e. The Labute approximate surface area is 104 Å². The summed E-state index contributed by atoms with van der Waals surface area (Å²) in [7, 11) is 0. The fraction of sp³-hybridized carbons (Fsp3) is 0.727. The first-order valence-corrected chi connectivity index (χ1v) is 5.68. The van der Waals surface area contributed by atoms with Crippen LogP contribution in [0.4, 0.5) is 4.79 Å². The number of hydrogen-bond donors (Lipinski definition) is 1. The van der Waals surface area contributed by atoms with Crippen LogP contribution < -0.4 is 0 Å². The van der Waals surface area contributed by atoms with E-state index in [1.54, 1.807) is 6.92 Å². The Kier molecular flexibility index (Phi) is 5.41. The third kappa shape index (κ3) is 5.51. The highest BCUT2D eigenvalue weighted by Gasteiger charge is 2.26. The normalized spacial score (nSPS) is 19.8. The van der Waals surface area contributed by atoms with Crippen molar-refractivity contribution < 1.29 is 33.7 Å². The van der Waals surface area contributed by atoms with Gasteiger partial charge in [-0.05, 0) is 12.3 Å². The molecule has 102 valence electrons. The number of esters is 1. The fourth-order valence-corrected chi connectivity index (χ4v) is 1.45. The van der Waals surface area contributed by atoms with Gasteiger partial charge in [0.25, 0.3) is 0 Å². The van der Waals surface area contributed by atoms with Crippen LogP contribution >= 0.6 is 0 Å². The number of cyclic esters (lactones) is 2. The summed E-state index contributed by atoms with van der Waals surface area (Å²) in [6.07, 6.45) is -0.704. The molecule has 0 spiro atoms. The van der Waals surface area contributed by atoms with Gasteiger partial charge in [0, 0.05) is 12.8 Å². The topological polar surface area (TPSA) is 99.1 Å². The summed E-state index contributed by atoms with van der Waals surface area (Å²) >= 11 is 0. The summed E-state index contributed by atoms with van der Waals surface area (Å²) in [5, 5.41) is 8.49. The number of carbonyl (C=O) groups excluding carboxylic acids is 2. The molecule has 7 nitrogen and oxygen atoms in total. The van der Waals surface area contributed by atoms with E-state index in [1.807, 2.05) is 0 Å². The summed E-state index contributed by atoms with van der Waals surface area (Å²) in [5.41, 5.74) is 0. The van der Waals surface area contributed by atoms with Gasteiger partial charge in [-0.3, -0.25) is 9.59 Å². The molecule has 1 aliphatic heterocycles. The van der Waals surface area contributed by atoms with Crippen LogP contribution in [0.1, 0.15) is 26.2 Å². The zero-order valence-electron chi connectivity index (χ0n) is 10.1. The highest BCUT2D eigenvalue weighted by molar-refractivity contribution is 5.70. The number of carbonyl (C=O) groups is 3. The van der Waals surface area contributed by atoms with Crippen LogP contribution in [0.25, 0.3) is 0 Å². The predicted molar refractivity (Wildman–Crippen MR) is 57.8 cm³/mol. The molecular weight excluding hydrogens is 244 g/mol.